The standard InChI is InChI=1S/C12H19N3O/c1-3-5-12-11(8-16)13-14-15(12)9(2)10-6-4-7-10/h8-10H,3-7H2,1-2H3. The fraction of sp³-hybridized carbons (Fsp3) is 0.750. The third-order valence-electron chi connectivity index (χ3n) is 3.64. The third-order valence-corrected chi connectivity index (χ3v) is 3.64. The lowest BCUT2D eigenvalue weighted by molar-refractivity contribution is 0.111. The zero-order valence-corrected chi connectivity index (χ0v) is 10.0. The first-order valence-corrected chi connectivity index (χ1v) is 6.17. The monoisotopic (exact) mass is 221 g/mol. The number of rotatable bonds is 5. The molecule has 1 aromatic rings. The smallest absolute Gasteiger partial charge is 0.172 e. The first-order chi connectivity index (χ1) is 7.77. The van der Waals surface area contributed by atoms with Crippen molar-refractivity contribution in [2.45, 2.75) is 52.0 Å². The Morgan fingerprint density at radius 2 is 2.31 bits per heavy atom. The highest BCUT2D eigenvalue weighted by atomic mass is 16.1. The van der Waals surface area contributed by atoms with E-state index in [4.69, 9.17) is 0 Å². The van der Waals surface area contributed by atoms with E-state index in [2.05, 4.69) is 24.2 Å². The fourth-order valence-corrected chi connectivity index (χ4v) is 2.35. The van der Waals surface area contributed by atoms with E-state index in [1.807, 2.05) is 4.68 Å². The van der Waals surface area contributed by atoms with Crippen LogP contribution < -0.4 is 0 Å². The summed E-state index contributed by atoms with van der Waals surface area (Å²) in [4.78, 5) is 10.9. The zero-order valence-electron chi connectivity index (χ0n) is 10.0. The average molecular weight is 221 g/mol. The normalized spacial score (nSPS) is 18.1. The van der Waals surface area contributed by atoms with Gasteiger partial charge in [-0.15, -0.1) is 5.10 Å². The van der Waals surface area contributed by atoms with E-state index in [0.717, 1.165) is 30.7 Å². The van der Waals surface area contributed by atoms with Crippen LogP contribution in [0, 0.1) is 5.92 Å². The molecule has 1 aliphatic rings. The molecule has 1 fully saturated rings. The Morgan fingerprint density at radius 3 is 2.81 bits per heavy atom. The molecule has 1 aliphatic carbocycles. The number of carbonyl (C=O) groups is 1. The van der Waals surface area contributed by atoms with Crippen molar-refractivity contribution >= 4 is 6.29 Å². The van der Waals surface area contributed by atoms with Crippen molar-refractivity contribution in [1.29, 1.82) is 0 Å². The van der Waals surface area contributed by atoms with Crippen molar-refractivity contribution < 1.29 is 4.79 Å². The lowest BCUT2D eigenvalue weighted by atomic mass is 9.80. The Bertz CT molecular complexity index is 368. The molecule has 0 aromatic carbocycles. The lowest BCUT2D eigenvalue weighted by Gasteiger charge is -2.32. The van der Waals surface area contributed by atoms with Gasteiger partial charge in [-0.05, 0) is 32.1 Å². The highest BCUT2D eigenvalue weighted by Gasteiger charge is 2.28. The number of hydrogen-bond donors (Lipinski definition) is 0. The molecule has 4 heteroatoms. The van der Waals surface area contributed by atoms with Crippen LogP contribution >= 0.6 is 0 Å². The average Bonchev–Trinajstić information content (AvgIpc) is 2.59. The minimum atomic E-state index is 0.386. The molecule has 1 saturated carbocycles. The molecule has 88 valence electrons. The largest absolute Gasteiger partial charge is 0.296 e. The maximum absolute atomic E-state index is 10.9. The molecule has 4 nitrogen and oxygen atoms in total. The summed E-state index contributed by atoms with van der Waals surface area (Å²) in [6.07, 6.45) is 6.62. The molecular formula is C12H19N3O. The molecule has 0 N–H and O–H groups in total. The molecule has 0 spiro atoms. The van der Waals surface area contributed by atoms with Gasteiger partial charge in [-0.3, -0.25) is 4.79 Å². The number of hydrogen-bond acceptors (Lipinski definition) is 3. The minimum absolute atomic E-state index is 0.386. The molecule has 2 rings (SSSR count). The Morgan fingerprint density at radius 1 is 1.56 bits per heavy atom. The summed E-state index contributed by atoms with van der Waals surface area (Å²) < 4.78 is 1.97. The van der Waals surface area contributed by atoms with Gasteiger partial charge in [0.2, 0.25) is 0 Å². The van der Waals surface area contributed by atoms with E-state index >= 15 is 0 Å². The summed E-state index contributed by atoms with van der Waals surface area (Å²) in [5, 5.41) is 8.10. The van der Waals surface area contributed by atoms with Crippen molar-refractivity contribution in [1.82, 2.24) is 15.0 Å². The van der Waals surface area contributed by atoms with E-state index < -0.39 is 0 Å². The van der Waals surface area contributed by atoms with Gasteiger partial charge in [0, 0.05) is 0 Å². The molecule has 0 saturated heterocycles. The maximum Gasteiger partial charge on any atom is 0.172 e. The van der Waals surface area contributed by atoms with Gasteiger partial charge in [-0.1, -0.05) is 25.0 Å². The van der Waals surface area contributed by atoms with Gasteiger partial charge in [-0.2, -0.15) is 0 Å². The van der Waals surface area contributed by atoms with Crippen LogP contribution in [0.4, 0.5) is 0 Å². The fourth-order valence-electron chi connectivity index (χ4n) is 2.35. The first kappa shape index (κ1) is 11.3. The van der Waals surface area contributed by atoms with Crippen molar-refractivity contribution in [2.75, 3.05) is 0 Å². The highest BCUT2D eigenvalue weighted by molar-refractivity contribution is 5.73. The van der Waals surface area contributed by atoms with Crippen molar-refractivity contribution in [2.24, 2.45) is 5.92 Å². The van der Waals surface area contributed by atoms with Crippen LogP contribution in [0.5, 0.6) is 0 Å². The SMILES string of the molecule is CCCc1c(C=O)nnn1C(C)C1CCC1. The highest BCUT2D eigenvalue weighted by Crippen LogP contribution is 2.36. The van der Waals surface area contributed by atoms with Crippen LogP contribution in [0.15, 0.2) is 0 Å². The second-order valence-corrected chi connectivity index (χ2v) is 4.67. The van der Waals surface area contributed by atoms with Gasteiger partial charge in [0.05, 0.1) is 11.7 Å². The summed E-state index contributed by atoms with van der Waals surface area (Å²) in [6, 6.07) is 0.386. The quantitative estimate of drug-likeness (QED) is 0.717. The molecule has 0 bridgehead atoms. The molecule has 0 radical (unpaired) electrons. The van der Waals surface area contributed by atoms with Crippen LogP contribution in [0.1, 0.15) is 61.8 Å². The number of aldehydes is 1. The maximum atomic E-state index is 10.9. The second kappa shape index (κ2) is 4.76. The predicted molar refractivity (Wildman–Crippen MR) is 61.5 cm³/mol. The van der Waals surface area contributed by atoms with E-state index in [0.29, 0.717) is 11.7 Å². The summed E-state index contributed by atoms with van der Waals surface area (Å²) in [6.45, 7) is 4.30. The Labute approximate surface area is 96.0 Å². The van der Waals surface area contributed by atoms with Gasteiger partial charge in [0.1, 0.15) is 5.69 Å². The third kappa shape index (κ3) is 1.88. The summed E-state index contributed by atoms with van der Waals surface area (Å²) >= 11 is 0. The van der Waals surface area contributed by atoms with Crippen LogP contribution in [0.25, 0.3) is 0 Å². The molecular weight excluding hydrogens is 202 g/mol. The van der Waals surface area contributed by atoms with Gasteiger partial charge in [0.15, 0.2) is 6.29 Å². The Hall–Kier alpha value is -1.19. The molecule has 1 heterocycles. The lowest BCUT2D eigenvalue weighted by Crippen LogP contribution is -2.25. The number of aromatic nitrogens is 3. The molecule has 0 aliphatic heterocycles. The van der Waals surface area contributed by atoms with Crippen LogP contribution in [0.3, 0.4) is 0 Å². The topological polar surface area (TPSA) is 47.8 Å². The number of nitrogens with zero attached hydrogens (tertiary/aromatic N) is 3. The van der Waals surface area contributed by atoms with Gasteiger partial charge in [-0.25, -0.2) is 4.68 Å². The van der Waals surface area contributed by atoms with Crippen molar-refractivity contribution in [3.63, 3.8) is 0 Å². The van der Waals surface area contributed by atoms with Gasteiger partial charge in [0.25, 0.3) is 0 Å². The van der Waals surface area contributed by atoms with E-state index in [1.165, 1.54) is 19.3 Å². The minimum Gasteiger partial charge on any atom is -0.296 e. The zero-order chi connectivity index (χ0) is 11.5. The Kier molecular flexibility index (Phi) is 3.36. The molecule has 1 unspecified atom stereocenters. The summed E-state index contributed by atoms with van der Waals surface area (Å²) in [7, 11) is 0. The van der Waals surface area contributed by atoms with Crippen LogP contribution in [-0.4, -0.2) is 21.3 Å². The van der Waals surface area contributed by atoms with Gasteiger partial charge >= 0.3 is 0 Å². The molecule has 16 heavy (non-hydrogen) atoms. The second-order valence-electron chi connectivity index (χ2n) is 4.67. The van der Waals surface area contributed by atoms with Gasteiger partial charge < -0.3 is 0 Å². The van der Waals surface area contributed by atoms with E-state index in [1.54, 1.807) is 0 Å². The van der Waals surface area contributed by atoms with Crippen molar-refractivity contribution in [3.05, 3.63) is 11.4 Å². The number of carbonyl (C=O) groups excluding carboxylic acids is 1. The van der Waals surface area contributed by atoms with Crippen molar-refractivity contribution in [3.8, 4) is 0 Å². The molecule has 0 amide bonds. The molecule has 1 aromatic heterocycles. The first-order valence-electron chi connectivity index (χ1n) is 6.17. The van der Waals surface area contributed by atoms with E-state index in [-0.39, 0.29) is 0 Å². The van der Waals surface area contributed by atoms with Crippen LogP contribution in [-0.2, 0) is 6.42 Å². The molecule has 1 atom stereocenters. The Balaban J connectivity index is 2.24. The van der Waals surface area contributed by atoms with Crippen LogP contribution in [0.2, 0.25) is 0 Å². The predicted octanol–water partition coefficient (Wildman–Crippen LogP) is 2.40. The summed E-state index contributed by atoms with van der Waals surface area (Å²) in [5.41, 5.74) is 1.53. The van der Waals surface area contributed by atoms with E-state index in [9.17, 15) is 4.79 Å². The summed E-state index contributed by atoms with van der Waals surface area (Å²) in [5.74, 6) is 0.719.